The fraction of sp³-hybridized carbons (Fsp3) is 0.938. The Morgan fingerprint density at radius 1 is 1.07 bits per heavy atom. The highest BCUT2D eigenvalue weighted by molar-refractivity contribution is 5.66. The molecule has 0 aliphatic heterocycles. The largest absolute Gasteiger partial charge is 0.481 e. The maximum atomic E-state index is 10.7. The molecule has 0 aromatic rings. The minimum absolute atomic E-state index is 0.0647. The summed E-state index contributed by atoms with van der Waals surface area (Å²) in [6.45, 7) is 6.06. The number of ether oxygens (including phenoxy) is 4. The van der Waals surface area contributed by atoms with Crippen molar-refractivity contribution in [3.63, 3.8) is 0 Å². The molecule has 12 heteroatoms. The second-order valence-corrected chi connectivity index (χ2v) is 6.26. The molecule has 0 radical (unpaired) electrons. The third-order valence-electron chi connectivity index (χ3n) is 3.52. The second-order valence-electron chi connectivity index (χ2n) is 6.26. The normalized spacial score (nSPS) is 13.8. The summed E-state index contributed by atoms with van der Waals surface area (Å²) in [6.07, 6.45) is 0.468. The standard InChI is InChI=1S/C16H30N6O6/c1-3-25-10-16(12-27-8-5-15(23)24,11-26-7-4-6-19-21-17)13-28-9-14(2)20-22-18/h14H,3-13H2,1-2H3,(H,23,24). The van der Waals surface area contributed by atoms with Crippen molar-refractivity contribution in [2.45, 2.75) is 32.7 Å². The van der Waals surface area contributed by atoms with Gasteiger partial charge < -0.3 is 24.1 Å². The average molecular weight is 402 g/mol. The van der Waals surface area contributed by atoms with Crippen LogP contribution >= 0.6 is 0 Å². The van der Waals surface area contributed by atoms with E-state index in [4.69, 9.17) is 35.1 Å². The van der Waals surface area contributed by atoms with E-state index in [1.54, 1.807) is 6.92 Å². The van der Waals surface area contributed by atoms with Gasteiger partial charge in [0.05, 0.1) is 57.5 Å². The van der Waals surface area contributed by atoms with E-state index in [-0.39, 0.29) is 45.5 Å². The smallest absolute Gasteiger partial charge is 0.305 e. The van der Waals surface area contributed by atoms with E-state index in [0.717, 1.165) is 0 Å². The summed E-state index contributed by atoms with van der Waals surface area (Å²) < 4.78 is 22.5. The van der Waals surface area contributed by atoms with Crippen LogP contribution in [0.5, 0.6) is 0 Å². The fourth-order valence-corrected chi connectivity index (χ4v) is 2.15. The molecule has 0 aromatic heterocycles. The van der Waals surface area contributed by atoms with Gasteiger partial charge in [0, 0.05) is 29.6 Å². The maximum absolute atomic E-state index is 10.7. The summed E-state index contributed by atoms with van der Waals surface area (Å²) in [7, 11) is 0. The Balaban J connectivity index is 4.83. The van der Waals surface area contributed by atoms with Gasteiger partial charge in [0.25, 0.3) is 0 Å². The van der Waals surface area contributed by atoms with Crippen molar-refractivity contribution in [1.29, 1.82) is 0 Å². The molecule has 0 bridgehead atoms. The van der Waals surface area contributed by atoms with Crippen LogP contribution < -0.4 is 0 Å². The van der Waals surface area contributed by atoms with Crippen molar-refractivity contribution in [1.82, 2.24) is 0 Å². The molecule has 0 spiro atoms. The highest BCUT2D eigenvalue weighted by Gasteiger charge is 2.32. The highest BCUT2D eigenvalue weighted by Crippen LogP contribution is 2.21. The summed E-state index contributed by atoms with van der Waals surface area (Å²) in [4.78, 5) is 16.1. The molecule has 0 aliphatic carbocycles. The Labute approximate surface area is 164 Å². The minimum atomic E-state index is -0.941. The topological polar surface area (TPSA) is 172 Å². The number of azide groups is 2. The molecule has 0 aromatic carbocycles. The van der Waals surface area contributed by atoms with E-state index >= 15 is 0 Å². The number of aliphatic carboxylic acids is 1. The number of hydrogen-bond donors (Lipinski definition) is 1. The van der Waals surface area contributed by atoms with Gasteiger partial charge in [-0.2, -0.15) is 0 Å². The number of carbonyl (C=O) groups is 1. The molecule has 2 atom stereocenters. The number of hydrogen-bond acceptors (Lipinski definition) is 7. The molecule has 0 aliphatic rings. The monoisotopic (exact) mass is 402 g/mol. The minimum Gasteiger partial charge on any atom is -0.481 e. The first-order chi connectivity index (χ1) is 13.5. The van der Waals surface area contributed by atoms with Gasteiger partial charge in [0.2, 0.25) is 0 Å². The van der Waals surface area contributed by atoms with E-state index < -0.39 is 11.4 Å². The molecule has 1 N–H and O–H groups in total. The predicted molar refractivity (Wildman–Crippen MR) is 101 cm³/mol. The lowest BCUT2D eigenvalue weighted by atomic mass is 9.92. The molecule has 0 saturated heterocycles. The van der Waals surface area contributed by atoms with Gasteiger partial charge in [0.1, 0.15) is 0 Å². The Morgan fingerprint density at radius 3 is 2.32 bits per heavy atom. The quantitative estimate of drug-likeness (QED) is 0.150. The summed E-state index contributed by atoms with van der Waals surface area (Å²) in [6, 6.07) is -0.326. The number of rotatable bonds is 19. The maximum Gasteiger partial charge on any atom is 0.305 e. The molecular weight excluding hydrogens is 372 g/mol. The zero-order chi connectivity index (χ0) is 21.1. The molecule has 0 fully saturated rings. The van der Waals surface area contributed by atoms with Gasteiger partial charge >= 0.3 is 5.97 Å². The van der Waals surface area contributed by atoms with Gasteiger partial charge in [0.15, 0.2) is 0 Å². The van der Waals surface area contributed by atoms with Crippen LogP contribution in [0.2, 0.25) is 0 Å². The van der Waals surface area contributed by atoms with E-state index in [1.807, 2.05) is 6.92 Å². The van der Waals surface area contributed by atoms with Crippen LogP contribution in [0, 0.1) is 5.41 Å². The molecule has 0 rings (SSSR count). The van der Waals surface area contributed by atoms with Gasteiger partial charge in [-0.25, -0.2) is 0 Å². The van der Waals surface area contributed by atoms with Crippen LogP contribution in [0.25, 0.3) is 20.9 Å². The molecule has 28 heavy (non-hydrogen) atoms. The molecule has 12 nitrogen and oxygen atoms in total. The Kier molecular flexibility index (Phi) is 15.8. The van der Waals surface area contributed by atoms with Gasteiger partial charge in [-0.1, -0.05) is 17.2 Å². The molecule has 160 valence electrons. The lowest BCUT2D eigenvalue weighted by molar-refractivity contribution is -0.140. The van der Waals surface area contributed by atoms with E-state index in [2.05, 4.69) is 20.1 Å². The van der Waals surface area contributed by atoms with E-state index in [9.17, 15) is 4.79 Å². The first-order valence-electron chi connectivity index (χ1n) is 9.07. The van der Waals surface area contributed by atoms with Crippen molar-refractivity contribution in [2.24, 2.45) is 15.6 Å². The molecule has 0 heterocycles. The zero-order valence-electron chi connectivity index (χ0n) is 16.5. The number of nitrogens with zero attached hydrogens (tertiary/aromatic N) is 6. The summed E-state index contributed by atoms with van der Waals surface area (Å²) >= 11 is 0. The molecule has 0 amide bonds. The van der Waals surface area contributed by atoms with Gasteiger partial charge in [-0.3, -0.25) is 4.79 Å². The van der Waals surface area contributed by atoms with Crippen LogP contribution in [0.1, 0.15) is 26.7 Å². The molecule has 2 unspecified atom stereocenters. The average Bonchev–Trinajstić information content (AvgIpc) is 2.66. The van der Waals surface area contributed by atoms with Crippen LogP contribution in [0.3, 0.4) is 0 Å². The highest BCUT2D eigenvalue weighted by atomic mass is 16.5. The molecule has 0 saturated carbocycles. The Bertz CT molecular complexity index is 524. The SMILES string of the molecule is CCOCC(COCCCN=[N+]=[N-])(COCCC(=O)O)COCC(C)N=[N+]=[N-]. The first kappa shape index (κ1) is 25.9. The Hall–Kier alpha value is -2.07. The van der Waals surface area contributed by atoms with Crippen molar-refractivity contribution in [3.05, 3.63) is 20.9 Å². The Morgan fingerprint density at radius 2 is 1.71 bits per heavy atom. The lowest BCUT2D eigenvalue weighted by Gasteiger charge is -2.33. The summed E-state index contributed by atoms with van der Waals surface area (Å²) in [5.41, 5.74) is 16.1. The fourth-order valence-electron chi connectivity index (χ4n) is 2.15. The summed E-state index contributed by atoms with van der Waals surface area (Å²) in [5, 5.41) is 15.8. The molecular formula is C16H30N6O6. The zero-order valence-corrected chi connectivity index (χ0v) is 16.5. The lowest BCUT2D eigenvalue weighted by Crippen LogP contribution is -2.42. The van der Waals surface area contributed by atoms with E-state index in [0.29, 0.717) is 32.8 Å². The summed E-state index contributed by atoms with van der Waals surface area (Å²) in [5.74, 6) is -0.941. The number of carboxylic acid groups (broad SMARTS) is 1. The van der Waals surface area contributed by atoms with Gasteiger partial charge in [-0.15, -0.1) is 0 Å². The van der Waals surface area contributed by atoms with Crippen LogP contribution in [0.15, 0.2) is 10.2 Å². The van der Waals surface area contributed by atoms with Crippen molar-refractivity contribution < 1.29 is 28.8 Å². The number of carboxylic acids is 1. The van der Waals surface area contributed by atoms with Crippen molar-refractivity contribution >= 4 is 5.97 Å². The van der Waals surface area contributed by atoms with Crippen LogP contribution in [0.4, 0.5) is 0 Å². The van der Waals surface area contributed by atoms with Crippen molar-refractivity contribution in [2.75, 3.05) is 59.4 Å². The first-order valence-corrected chi connectivity index (χ1v) is 9.07. The predicted octanol–water partition coefficient (Wildman–Crippen LogP) is 2.93. The van der Waals surface area contributed by atoms with E-state index in [1.165, 1.54) is 0 Å². The third-order valence-corrected chi connectivity index (χ3v) is 3.52. The second kappa shape index (κ2) is 17.1. The van der Waals surface area contributed by atoms with Crippen LogP contribution in [-0.4, -0.2) is 76.5 Å². The van der Waals surface area contributed by atoms with Crippen molar-refractivity contribution in [3.8, 4) is 0 Å². The van der Waals surface area contributed by atoms with Gasteiger partial charge in [-0.05, 0) is 24.4 Å². The third kappa shape index (κ3) is 14.0. The van der Waals surface area contributed by atoms with Crippen LogP contribution in [-0.2, 0) is 23.7 Å².